The average molecular weight is 229 g/mol. The predicted molar refractivity (Wildman–Crippen MR) is 39.2 cm³/mol. The molecule has 0 atom stereocenters. The van der Waals surface area contributed by atoms with Crippen molar-refractivity contribution in [3.63, 3.8) is 0 Å². The van der Waals surface area contributed by atoms with Gasteiger partial charge in [-0.2, -0.15) is 13.2 Å². The Kier molecular flexibility index (Phi) is 1.86. The molecule has 2 fully saturated rings. The number of carbonyl (C=O) groups excluding carboxylic acids is 1. The first-order chi connectivity index (χ1) is 6.64. The van der Waals surface area contributed by atoms with Gasteiger partial charge in [-0.15, -0.1) is 0 Å². The van der Waals surface area contributed by atoms with Gasteiger partial charge in [0.2, 0.25) is 5.92 Å². The van der Waals surface area contributed by atoms with Gasteiger partial charge in [-0.05, 0) is 0 Å². The van der Waals surface area contributed by atoms with E-state index >= 15 is 0 Å². The van der Waals surface area contributed by atoms with E-state index in [1.165, 1.54) is 0 Å². The second-order valence-corrected chi connectivity index (χ2v) is 4.37. The van der Waals surface area contributed by atoms with Crippen molar-refractivity contribution in [1.29, 1.82) is 0 Å². The molecule has 0 N–H and O–H groups in total. The summed E-state index contributed by atoms with van der Waals surface area (Å²) in [6, 6.07) is 0. The highest BCUT2D eigenvalue weighted by molar-refractivity contribution is 5.82. The maximum absolute atomic E-state index is 12.5. The quantitative estimate of drug-likeness (QED) is 0.580. The first kappa shape index (κ1) is 10.6. The highest BCUT2D eigenvalue weighted by Gasteiger charge is 2.64. The minimum atomic E-state index is -4.89. The molecule has 86 valence electrons. The SMILES string of the molecule is O=C(N1CC2(C1)CC(F)(F)C2)C(F)(F)F. The number of likely N-dealkylation sites (tertiary alicyclic amines) is 1. The van der Waals surface area contributed by atoms with E-state index in [-0.39, 0.29) is 13.1 Å². The fourth-order valence-corrected chi connectivity index (χ4v) is 2.36. The molecule has 2 nitrogen and oxygen atoms in total. The van der Waals surface area contributed by atoms with Crippen LogP contribution in [0.3, 0.4) is 0 Å². The van der Waals surface area contributed by atoms with Crippen LogP contribution >= 0.6 is 0 Å². The molecule has 0 unspecified atom stereocenters. The summed E-state index contributed by atoms with van der Waals surface area (Å²) in [4.78, 5) is 11.2. The summed E-state index contributed by atoms with van der Waals surface area (Å²) in [6.07, 6.45) is -5.70. The van der Waals surface area contributed by atoms with Crippen LogP contribution in [0, 0.1) is 5.41 Å². The minimum absolute atomic E-state index is 0.194. The van der Waals surface area contributed by atoms with Crippen LogP contribution in [-0.2, 0) is 4.79 Å². The van der Waals surface area contributed by atoms with Gasteiger partial charge in [0.1, 0.15) is 0 Å². The summed E-state index contributed by atoms with van der Waals surface area (Å²) < 4.78 is 60.7. The van der Waals surface area contributed by atoms with Crippen molar-refractivity contribution < 1.29 is 26.7 Å². The van der Waals surface area contributed by atoms with E-state index < -0.39 is 36.3 Å². The van der Waals surface area contributed by atoms with Crippen LogP contribution in [-0.4, -0.2) is 36.0 Å². The van der Waals surface area contributed by atoms with Crippen LogP contribution in [0.25, 0.3) is 0 Å². The Bertz CT molecular complexity index is 295. The van der Waals surface area contributed by atoms with Crippen molar-refractivity contribution in [3.05, 3.63) is 0 Å². The molecule has 0 aromatic rings. The molecule has 1 amide bonds. The van der Waals surface area contributed by atoms with Gasteiger partial charge >= 0.3 is 12.1 Å². The first-order valence-electron chi connectivity index (χ1n) is 4.38. The van der Waals surface area contributed by atoms with E-state index in [0.717, 1.165) is 0 Å². The standard InChI is InChI=1S/C8H8F5NO/c9-7(10)1-6(2-7)3-14(4-6)5(15)8(11,12)13/h1-4H2. The lowest BCUT2D eigenvalue weighted by atomic mass is 9.61. The van der Waals surface area contributed by atoms with Gasteiger partial charge < -0.3 is 4.90 Å². The van der Waals surface area contributed by atoms with Gasteiger partial charge in [-0.1, -0.05) is 0 Å². The normalized spacial score (nSPS) is 27.1. The zero-order valence-corrected chi connectivity index (χ0v) is 7.57. The zero-order chi connectivity index (χ0) is 11.5. The van der Waals surface area contributed by atoms with Gasteiger partial charge in [0.15, 0.2) is 0 Å². The first-order valence-corrected chi connectivity index (χ1v) is 4.38. The molecule has 7 heteroatoms. The highest BCUT2D eigenvalue weighted by Crippen LogP contribution is 2.57. The summed E-state index contributed by atoms with van der Waals surface area (Å²) in [5.74, 6) is -4.68. The number of amides is 1. The Morgan fingerprint density at radius 1 is 1.13 bits per heavy atom. The van der Waals surface area contributed by atoms with E-state index in [0.29, 0.717) is 4.90 Å². The third-order valence-electron chi connectivity index (χ3n) is 2.85. The minimum Gasteiger partial charge on any atom is -0.334 e. The summed E-state index contributed by atoms with van der Waals surface area (Å²) >= 11 is 0. The molecule has 1 saturated heterocycles. The Morgan fingerprint density at radius 2 is 1.60 bits per heavy atom. The van der Waals surface area contributed by atoms with Crippen LogP contribution in [0.2, 0.25) is 0 Å². The summed E-state index contributed by atoms with van der Waals surface area (Å²) in [7, 11) is 0. The Hall–Kier alpha value is -0.880. The topological polar surface area (TPSA) is 20.3 Å². The van der Waals surface area contributed by atoms with Gasteiger partial charge in [0.25, 0.3) is 0 Å². The van der Waals surface area contributed by atoms with E-state index in [2.05, 4.69) is 0 Å². The predicted octanol–water partition coefficient (Wildman–Crippen LogP) is 1.81. The molecule has 1 heterocycles. The summed E-state index contributed by atoms with van der Waals surface area (Å²) in [5, 5.41) is 0. The van der Waals surface area contributed by atoms with E-state index in [9.17, 15) is 26.7 Å². The van der Waals surface area contributed by atoms with Crippen LogP contribution in [0.5, 0.6) is 0 Å². The zero-order valence-electron chi connectivity index (χ0n) is 7.57. The molecule has 2 aliphatic rings. The van der Waals surface area contributed by atoms with Crippen LogP contribution in [0.1, 0.15) is 12.8 Å². The second-order valence-electron chi connectivity index (χ2n) is 4.37. The van der Waals surface area contributed by atoms with Crippen LogP contribution in [0.15, 0.2) is 0 Å². The lowest BCUT2D eigenvalue weighted by molar-refractivity contribution is -0.232. The lowest BCUT2D eigenvalue weighted by Crippen LogP contribution is -2.68. The highest BCUT2D eigenvalue weighted by atomic mass is 19.4. The molecule has 15 heavy (non-hydrogen) atoms. The van der Waals surface area contributed by atoms with Crippen LogP contribution in [0.4, 0.5) is 22.0 Å². The van der Waals surface area contributed by atoms with Crippen molar-refractivity contribution in [1.82, 2.24) is 4.90 Å². The van der Waals surface area contributed by atoms with Gasteiger partial charge in [-0.25, -0.2) is 8.78 Å². The fraction of sp³-hybridized carbons (Fsp3) is 0.875. The molecule has 0 aromatic heterocycles. The lowest BCUT2D eigenvalue weighted by Gasteiger charge is -2.58. The number of carbonyl (C=O) groups is 1. The largest absolute Gasteiger partial charge is 0.471 e. The molecule has 0 aromatic carbocycles. The number of hydrogen-bond acceptors (Lipinski definition) is 1. The maximum atomic E-state index is 12.5. The van der Waals surface area contributed by atoms with Crippen molar-refractivity contribution in [2.45, 2.75) is 24.9 Å². The van der Waals surface area contributed by atoms with E-state index in [1.807, 2.05) is 0 Å². The smallest absolute Gasteiger partial charge is 0.334 e. The third kappa shape index (κ3) is 1.68. The second kappa shape index (κ2) is 2.62. The number of halogens is 5. The molecule has 0 radical (unpaired) electrons. The van der Waals surface area contributed by atoms with Crippen molar-refractivity contribution in [3.8, 4) is 0 Å². The fourth-order valence-electron chi connectivity index (χ4n) is 2.36. The van der Waals surface area contributed by atoms with Crippen molar-refractivity contribution >= 4 is 5.91 Å². The Morgan fingerprint density at radius 3 is 1.93 bits per heavy atom. The number of rotatable bonds is 0. The molecule has 2 rings (SSSR count). The molecule has 1 spiro atoms. The molecular weight excluding hydrogens is 221 g/mol. The van der Waals surface area contributed by atoms with Gasteiger partial charge in [-0.3, -0.25) is 4.79 Å². The molecule has 1 aliphatic heterocycles. The van der Waals surface area contributed by atoms with Crippen LogP contribution < -0.4 is 0 Å². The van der Waals surface area contributed by atoms with Gasteiger partial charge in [0.05, 0.1) is 0 Å². The summed E-state index contributed by atoms with van der Waals surface area (Å²) in [5.41, 5.74) is -0.746. The number of hydrogen-bond donors (Lipinski definition) is 0. The Balaban J connectivity index is 1.87. The molecule has 1 aliphatic carbocycles. The van der Waals surface area contributed by atoms with E-state index in [1.54, 1.807) is 0 Å². The third-order valence-corrected chi connectivity index (χ3v) is 2.85. The molecule has 0 bridgehead atoms. The molecular formula is C8H8F5NO. The average Bonchev–Trinajstić information content (AvgIpc) is 1.91. The van der Waals surface area contributed by atoms with Crippen molar-refractivity contribution in [2.24, 2.45) is 5.41 Å². The Labute approximate surface area is 82.0 Å². The van der Waals surface area contributed by atoms with Crippen molar-refractivity contribution in [2.75, 3.05) is 13.1 Å². The monoisotopic (exact) mass is 229 g/mol. The van der Waals surface area contributed by atoms with E-state index in [4.69, 9.17) is 0 Å². The molecule has 1 saturated carbocycles. The number of nitrogens with zero attached hydrogens (tertiary/aromatic N) is 1. The summed E-state index contributed by atoms with van der Waals surface area (Å²) in [6.45, 7) is -0.387. The van der Waals surface area contributed by atoms with Gasteiger partial charge in [0, 0.05) is 31.3 Å². The number of alkyl halides is 5. The maximum Gasteiger partial charge on any atom is 0.471 e.